The quantitative estimate of drug-likeness (QED) is 0.781. The van der Waals surface area contributed by atoms with Gasteiger partial charge in [0, 0.05) is 11.1 Å². The maximum Gasteiger partial charge on any atom is 0.251 e. The molecule has 0 saturated carbocycles. The van der Waals surface area contributed by atoms with E-state index in [-0.39, 0.29) is 21.0 Å². The Hall–Kier alpha value is -1.96. The van der Waals surface area contributed by atoms with E-state index in [2.05, 4.69) is 5.32 Å². The van der Waals surface area contributed by atoms with Crippen molar-refractivity contribution in [2.45, 2.75) is 30.0 Å². The summed E-state index contributed by atoms with van der Waals surface area (Å²) in [5.41, 5.74) is 0.251. The molecule has 2 rings (SSSR count). The van der Waals surface area contributed by atoms with Crippen LogP contribution in [0.4, 0.5) is 4.39 Å². The summed E-state index contributed by atoms with van der Waals surface area (Å²) in [5.74, 6) is -1.29. The van der Waals surface area contributed by atoms with Crippen LogP contribution in [0.5, 0.6) is 0 Å². The molecule has 140 valence electrons. The van der Waals surface area contributed by atoms with Crippen LogP contribution in [0.1, 0.15) is 35.8 Å². The van der Waals surface area contributed by atoms with Crippen molar-refractivity contribution in [3.63, 3.8) is 0 Å². The van der Waals surface area contributed by atoms with Crippen molar-refractivity contribution in [3.8, 4) is 0 Å². The van der Waals surface area contributed by atoms with E-state index in [1.807, 2.05) is 0 Å². The van der Waals surface area contributed by atoms with Gasteiger partial charge in [-0.1, -0.05) is 23.7 Å². The highest BCUT2D eigenvalue weighted by atomic mass is 35.5. The number of sulfone groups is 1. The molecule has 0 aliphatic rings. The second-order valence-corrected chi connectivity index (χ2v) is 8.88. The van der Waals surface area contributed by atoms with Crippen LogP contribution in [0.3, 0.4) is 0 Å². The normalized spacial score (nSPS) is 12.8. The molecule has 2 aromatic carbocycles. The van der Waals surface area contributed by atoms with E-state index in [0.717, 1.165) is 0 Å². The summed E-state index contributed by atoms with van der Waals surface area (Å²) in [6, 6.07) is 8.74. The summed E-state index contributed by atoms with van der Waals surface area (Å²) in [5, 5.41) is 11.3. The Bertz CT molecular complexity index is 898. The average Bonchev–Trinajstić information content (AvgIpc) is 2.62. The molecule has 26 heavy (non-hydrogen) atoms. The van der Waals surface area contributed by atoms with E-state index in [1.165, 1.54) is 42.5 Å². The van der Waals surface area contributed by atoms with Gasteiger partial charge in [-0.3, -0.25) is 4.79 Å². The molecule has 0 heterocycles. The first kappa shape index (κ1) is 20.4. The fourth-order valence-corrected chi connectivity index (χ4v) is 3.56. The molecule has 2 aromatic rings. The third kappa shape index (κ3) is 4.23. The van der Waals surface area contributed by atoms with Crippen LogP contribution in [0.25, 0.3) is 0 Å². The molecule has 2 N–H and O–H groups in total. The third-order valence-corrected chi connectivity index (χ3v) is 6.37. The second-order valence-electron chi connectivity index (χ2n) is 5.97. The first-order valence-corrected chi connectivity index (χ1v) is 9.80. The number of carbonyl (C=O) groups excluding carboxylic acids is 1. The molecule has 8 heteroatoms. The van der Waals surface area contributed by atoms with Crippen LogP contribution in [-0.2, 0) is 9.84 Å². The van der Waals surface area contributed by atoms with Crippen LogP contribution < -0.4 is 5.32 Å². The maximum atomic E-state index is 14.1. The number of rotatable bonds is 6. The summed E-state index contributed by atoms with van der Waals surface area (Å²) in [7, 11) is -3.44. The Morgan fingerprint density at radius 1 is 1.19 bits per heavy atom. The number of halogens is 2. The smallest absolute Gasteiger partial charge is 0.251 e. The molecule has 0 radical (unpaired) electrons. The minimum atomic E-state index is -3.44. The third-order valence-electron chi connectivity index (χ3n) is 3.91. The number of aliphatic hydroxyl groups is 1. The fourth-order valence-electron chi connectivity index (χ4n) is 2.32. The molecule has 0 aliphatic carbocycles. The molecule has 0 spiro atoms. The lowest BCUT2D eigenvalue weighted by atomic mass is 10.1. The largest absolute Gasteiger partial charge is 0.394 e. The summed E-state index contributed by atoms with van der Waals surface area (Å²) >= 11 is 5.73. The highest BCUT2D eigenvalue weighted by Crippen LogP contribution is 2.24. The first-order chi connectivity index (χ1) is 12.2. The lowest BCUT2D eigenvalue weighted by molar-refractivity contribution is 0.0915. The van der Waals surface area contributed by atoms with E-state index in [0.29, 0.717) is 0 Å². The number of hydrogen-bond acceptors (Lipinski definition) is 4. The number of carbonyl (C=O) groups is 1. The van der Waals surface area contributed by atoms with Gasteiger partial charge in [0.2, 0.25) is 0 Å². The van der Waals surface area contributed by atoms with Gasteiger partial charge in [0.05, 0.1) is 27.8 Å². The van der Waals surface area contributed by atoms with Gasteiger partial charge in [-0.15, -0.1) is 0 Å². The standard InChI is InChI=1S/C18H19ClFNO4S/c1-11(2)26(24,25)13-8-6-12(7-9-13)18(23)21-16(10-22)14-4-3-5-15(19)17(14)20/h3-9,11,16,22H,10H2,1-2H3,(H,21,23). The van der Waals surface area contributed by atoms with Crippen molar-refractivity contribution in [1.29, 1.82) is 0 Å². The van der Waals surface area contributed by atoms with Crippen LogP contribution >= 0.6 is 11.6 Å². The van der Waals surface area contributed by atoms with Crippen LogP contribution in [0.2, 0.25) is 5.02 Å². The van der Waals surface area contributed by atoms with Gasteiger partial charge < -0.3 is 10.4 Å². The van der Waals surface area contributed by atoms with Gasteiger partial charge >= 0.3 is 0 Å². The molecular weight excluding hydrogens is 381 g/mol. The van der Waals surface area contributed by atoms with Crippen molar-refractivity contribution in [1.82, 2.24) is 5.32 Å². The maximum absolute atomic E-state index is 14.1. The Balaban J connectivity index is 2.22. The number of benzene rings is 2. The Labute approximate surface area is 156 Å². The number of nitrogens with one attached hydrogen (secondary N) is 1. The summed E-state index contributed by atoms with van der Waals surface area (Å²) in [6.45, 7) is 2.62. The lowest BCUT2D eigenvalue weighted by Crippen LogP contribution is -2.31. The van der Waals surface area contributed by atoms with Crippen molar-refractivity contribution in [3.05, 3.63) is 64.4 Å². The summed E-state index contributed by atoms with van der Waals surface area (Å²) in [6.07, 6.45) is 0. The van der Waals surface area contributed by atoms with Gasteiger partial charge in [-0.25, -0.2) is 12.8 Å². The molecular formula is C18H19ClFNO4S. The predicted molar refractivity (Wildman–Crippen MR) is 97.5 cm³/mol. The highest BCUT2D eigenvalue weighted by Gasteiger charge is 2.22. The predicted octanol–water partition coefficient (Wildman–Crippen LogP) is 3.12. The summed E-state index contributed by atoms with van der Waals surface area (Å²) < 4.78 is 38.3. The SMILES string of the molecule is CC(C)S(=O)(=O)c1ccc(C(=O)NC(CO)c2cccc(Cl)c2F)cc1. The number of aliphatic hydroxyl groups excluding tert-OH is 1. The number of amides is 1. The fraction of sp³-hybridized carbons (Fsp3) is 0.278. The molecule has 0 saturated heterocycles. The monoisotopic (exact) mass is 399 g/mol. The summed E-state index contributed by atoms with van der Waals surface area (Å²) in [4.78, 5) is 12.5. The number of hydrogen-bond donors (Lipinski definition) is 2. The average molecular weight is 400 g/mol. The van der Waals surface area contributed by atoms with E-state index < -0.39 is 39.5 Å². The van der Waals surface area contributed by atoms with Crippen molar-refractivity contribution in [2.75, 3.05) is 6.61 Å². The topological polar surface area (TPSA) is 83.5 Å². The van der Waals surface area contributed by atoms with Crippen LogP contribution in [-0.4, -0.2) is 31.3 Å². The Morgan fingerprint density at radius 3 is 2.35 bits per heavy atom. The van der Waals surface area contributed by atoms with Gasteiger partial charge in [0.15, 0.2) is 9.84 Å². The van der Waals surface area contributed by atoms with E-state index in [9.17, 15) is 22.7 Å². The van der Waals surface area contributed by atoms with Crippen LogP contribution in [0.15, 0.2) is 47.4 Å². The zero-order valence-corrected chi connectivity index (χ0v) is 15.8. The minimum absolute atomic E-state index is 0.0624. The zero-order chi connectivity index (χ0) is 19.5. The van der Waals surface area contributed by atoms with Gasteiger partial charge in [-0.2, -0.15) is 0 Å². The molecule has 5 nitrogen and oxygen atoms in total. The molecule has 1 atom stereocenters. The molecule has 0 fully saturated rings. The second kappa shape index (κ2) is 8.16. The van der Waals surface area contributed by atoms with E-state index in [4.69, 9.17) is 11.6 Å². The van der Waals surface area contributed by atoms with Gasteiger partial charge in [0.25, 0.3) is 5.91 Å². The van der Waals surface area contributed by atoms with E-state index >= 15 is 0 Å². The molecule has 0 aromatic heterocycles. The Morgan fingerprint density at radius 2 is 1.81 bits per heavy atom. The van der Waals surface area contributed by atoms with E-state index in [1.54, 1.807) is 13.8 Å². The van der Waals surface area contributed by atoms with Crippen molar-refractivity contribution >= 4 is 27.3 Å². The van der Waals surface area contributed by atoms with Gasteiger partial charge in [0.1, 0.15) is 5.82 Å². The van der Waals surface area contributed by atoms with Gasteiger partial charge in [-0.05, 0) is 44.2 Å². The molecule has 1 unspecified atom stereocenters. The highest BCUT2D eigenvalue weighted by molar-refractivity contribution is 7.92. The molecule has 0 bridgehead atoms. The Kier molecular flexibility index (Phi) is 6.39. The first-order valence-electron chi connectivity index (χ1n) is 7.88. The molecule has 1 amide bonds. The van der Waals surface area contributed by atoms with Crippen molar-refractivity contribution in [2.24, 2.45) is 0 Å². The molecule has 0 aliphatic heterocycles. The van der Waals surface area contributed by atoms with Crippen molar-refractivity contribution < 1.29 is 22.7 Å². The zero-order valence-electron chi connectivity index (χ0n) is 14.2. The minimum Gasteiger partial charge on any atom is -0.394 e. The lowest BCUT2D eigenvalue weighted by Gasteiger charge is -2.18. The van der Waals surface area contributed by atoms with Crippen LogP contribution in [0, 0.1) is 5.82 Å².